The van der Waals surface area contributed by atoms with E-state index in [1.807, 2.05) is 51.2 Å². The number of carbonyl (C=O) groups excluding carboxylic acids is 1. The highest BCUT2D eigenvalue weighted by Crippen LogP contribution is 2.14. The quantitative estimate of drug-likeness (QED) is 0.538. The normalized spacial score (nSPS) is 11.4. The van der Waals surface area contributed by atoms with Gasteiger partial charge in [0.05, 0.1) is 17.8 Å². The van der Waals surface area contributed by atoms with Gasteiger partial charge in [0.25, 0.3) is 5.91 Å². The molecule has 0 unspecified atom stereocenters. The average Bonchev–Trinajstić information content (AvgIpc) is 2.92. The number of benzene rings is 2. The van der Waals surface area contributed by atoms with Crippen molar-refractivity contribution in [1.29, 1.82) is 0 Å². The molecule has 2 N–H and O–H groups in total. The summed E-state index contributed by atoms with van der Waals surface area (Å²) in [5.74, 6) is -0.917. The fourth-order valence-electron chi connectivity index (χ4n) is 2.79. The molecule has 3 rings (SSSR count). The van der Waals surface area contributed by atoms with Crippen LogP contribution in [0.1, 0.15) is 27.3 Å². The molecule has 0 aliphatic carbocycles. The third-order valence-corrected chi connectivity index (χ3v) is 4.44. The predicted molar refractivity (Wildman–Crippen MR) is 108 cm³/mol. The first-order chi connectivity index (χ1) is 13.5. The summed E-state index contributed by atoms with van der Waals surface area (Å²) in [5.41, 5.74) is 3.58. The minimum absolute atomic E-state index is 0.0428. The van der Waals surface area contributed by atoms with Crippen molar-refractivity contribution in [3.8, 4) is 0 Å². The van der Waals surface area contributed by atoms with Crippen molar-refractivity contribution in [3.05, 3.63) is 82.9 Å². The number of aromatic nitrogens is 2. The number of anilines is 1. The largest absolute Gasteiger partial charge is 0.326 e. The minimum Gasteiger partial charge on any atom is -0.326 e. The summed E-state index contributed by atoms with van der Waals surface area (Å²) in [7, 11) is 1.87. The molecule has 0 aliphatic rings. The van der Waals surface area contributed by atoms with E-state index in [-0.39, 0.29) is 11.5 Å². The lowest BCUT2D eigenvalue weighted by atomic mass is 10.2. The molecule has 2 aromatic carbocycles. The molecule has 0 aliphatic heterocycles. The van der Waals surface area contributed by atoms with Crippen LogP contribution in [0.5, 0.6) is 0 Å². The third kappa shape index (κ3) is 4.43. The van der Waals surface area contributed by atoms with Crippen molar-refractivity contribution < 1.29 is 9.18 Å². The van der Waals surface area contributed by atoms with E-state index in [1.165, 1.54) is 18.2 Å². The molecule has 0 spiro atoms. The summed E-state index contributed by atoms with van der Waals surface area (Å²) < 4.78 is 15.7. The number of nitrogens with zero attached hydrogens (tertiary/aromatic N) is 3. The van der Waals surface area contributed by atoms with Gasteiger partial charge in [-0.2, -0.15) is 5.10 Å². The molecule has 0 radical (unpaired) electrons. The monoisotopic (exact) mass is 379 g/mol. The summed E-state index contributed by atoms with van der Waals surface area (Å²) in [6.45, 7) is 4.21. The number of guanidine groups is 1. The first-order valence-corrected chi connectivity index (χ1v) is 8.87. The summed E-state index contributed by atoms with van der Waals surface area (Å²) in [6, 6.07) is 15.2. The van der Waals surface area contributed by atoms with Crippen LogP contribution >= 0.6 is 0 Å². The van der Waals surface area contributed by atoms with Gasteiger partial charge in [-0.3, -0.25) is 14.8 Å². The van der Waals surface area contributed by atoms with Gasteiger partial charge in [-0.1, -0.05) is 30.3 Å². The van der Waals surface area contributed by atoms with Crippen LogP contribution in [-0.2, 0) is 13.6 Å². The van der Waals surface area contributed by atoms with Crippen molar-refractivity contribution >= 4 is 17.6 Å². The van der Waals surface area contributed by atoms with E-state index in [2.05, 4.69) is 20.7 Å². The van der Waals surface area contributed by atoms with E-state index >= 15 is 0 Å². The molecule has 0 saturated carbocycles. The Kier molecular flexibility index (Phi) is 5.84. The van der Waals surface area contributed by atoms with Gasteiger partial charge in [0.1, 0.15) is 5.82 Å². The Balaban J connectivity index is 1.86. The Morgan fingerprint density at radius 2 is 1.79 bits per heavy atom. The van der Waals surface area contributed by atoms with Gasteiger partial charge in [0.15, 0.2) is 0 Å². The SMILES string of the molecule is Cc1nn(C)c(C)c1CN=C(NC(=O)c1ccccc1F)Nc1ccccc1. The van der Waals surface area contributed by atoms with Crippen molar-refractivity contribution in [2.75, 3.05) is 5.32 Å². The van der Waals surface area contributed by atoms with E-state index in [0.717, 1.165) is 22.6 Å². The molecule has 0 saturated heterocycles. The number of carbonyl (C=O) groups is 1. The second-order valence-electron chi connectivity index (χ2n) is 6.36. The van der Waals surface area contributed by atoms with Crippen LogP contribution in [-0.4, -0.2) is 21.6 Å². The summed E-state index contributed by atoms with van der Waals surface area (Å²) in [6.07, 6.45) is 0. The number of aryl methyl sites for hydroxylation is 2. The topological polar surface area (TPSA) is 71.3 Å². The molecule has 1 amide bonds. The van der Waals surface area contributed by atoms with Gasteiger partial charge in [0.2, 0.25) is 5.96 Å². The van der Waals surface area contributed by atoms with Crippen LogP contribution in [0.4, 0.5) is 10.1 Å². The van der Waals surface area contributed by atoms with E-state index in [4.69, 9.17) is 0 Å². The summed E-state index contributed by atoms with van der Waals surface area (Å²) in [4.78, 5) is 17.0. The van der Waals surface area contributed by atoms with Crippen molar-refractivity contribution in [2.45, 2.75) is 20.4 Å². The lowest BCUT2D eigenvalue weighted by molar-refractivity contribution is 0.0973. The van der Waals surface area contributed by atoms with Crippen molar-refractivity contribution in [2.24, 2.45) is 12.0 Å². The minimum atomic E-state index is -0.585. The molecule has 0 fully saturated rings. The zero-order valence-corrected chi connectivity index (χ0v) is 16.0. The number of para-hydroxylation sites is 1. The lowest BCUT2D eigenvalue weighted by Gasteiger charge is -2.12. The van der Waals surface area contributed by atoms with Gasteiger partial charge >= 0.3 is 0 Å². The lowest BCUT2D eigenvalue weighted by Crippen LogP contribution is -2.36. The number of rotatable bonds is 4. The molecule has 6 nitrogen and oxygen atoms in total. The molecule has 0 atom stereocenters. The van der Waals surface area contributed by atoms with Gasteiger partial charge in [0, 0.05) is 24.0 Å². The number of hydrogen-bond donors (Lipinski definition) is 2. The molecule has 144 valence electrons. The maximum Gasteiger partial charge on any atom is 0.260 e. The number of amides is 1. The van der Waals surface area contributed by atoms with Gasteiger partial charge in [-0.15, -0.1) is 0 Å². The molecule has 0 bridgehead atoms. The van der Waals surface area contributed by atoms with Crippen LogP contribution in [0, 0.1) is 19.7 Å². The van der Waals surface area contributed by atoms with Crippen LogP contribution in [0.25, 0.3) is 0 Å². The third-order valence-electron chi connectivity index (χ3n) is 4.44. The summed E-state index contributed by atoms with van der Waals surface area (Å²) >= 11 is 0. The number of nitrogens with one attached hydrogen (secondary N) is 2. The van der Waals surface area contributed by atoms with Crippen LogP contribution in [0.2, 0.25) is 0 Å². The van der Waals surface area contributed by atoms with E-state index in [1.54, 1.807) is 10.7 Å². The first-order valence-electron chi connectivity index (χ1n) is 8.87. The zero-order chi connectivity index (χ0) is 20.1. The molecular formula is C21H22FN5O. The molecular weight excluding hydrogens is 357 g/mol. The van der Waals surface area contributed by atoms with Gasteiger partial charge in [-0.05, 0) is 38.1 Å². The molecule has 1 aromatic heterocycles. The molecule has 7 heteroatoms. The van der Waals surface area contributed by atoms with E-state index in [0.29, 0.717) is 6.54 Å². The smallest absolute Gasteiger partial charge is 0.260 e. The first kappa shape index (κ1) is 19.3. The number of halogens is 1. The van der Waals surface area contributed by atoms with E-state index < -0.39 is 11.7 Å². The Bertz CT molecular complexity index is 1010. The number of aliphatic imine (C=N–C) groups is 1. The van der Waals surface area contributed by atoms with Crippen molar-refractivity contribution in [1.82, 2.24) is 15.1 Å². The van der Waals surface area contributed by atoms with Crippen LogP contribution < -0.4 is 10.6 Å². The second kappa shape index (κ2) is 8.47. The molecule has 28 heavy (non-hydrogen) atoms. The summed E-state index contributed by atoms with van der Waals surface area (Å²) in [5, 5.41) is 10.1. The van der Waals surface area contributed by atoms with Crippen molar-refractivity contribution in [3.63, 3.8) is 0 Å². The highest BCUT2D eigenvalue weighted by atomic mass is 19.1. The highest BCUT2D eigenvalue weighted by molar-refractivity contribution is 6.10. The number of hydrogen-bond acceptors (Lipinski definition) is 3. The predicted octanol–water partition coefficient (Wildman–Crippen LogP) is 3.57. The molecule has 1 heterocycles. The fourth-order valence-corrected chi connectivity index (χ4v) is 2.79. The maximum absolute atomic E-state index is 13.9. The standard InChI is InChI=1S/C21H22FN5O/c1-14-18(15(2)27(3)26-14)13-23-21(24-16-9-5-4-6-10-16)25-20(28)17-11-7-8-12-19(17)22/h4-12H,13H2,1-3H3,(H2,23,24,25,28). The molecule has 3 aromatic rings. The maximum atomic E-state index is 13.9. The van der Waals surface area contributed by atoms with Crippen LogP contribution in [0.3, 0.4) is 0 Å². The highest BCUT2D eigenvalue weighted by Gasteiger charge is 2.14. The Morgan fingerprint density at radius 3 is 2.43 bits per heavy atom. The Hall–Kier alpha value is -3.48. The van der Waals surface area contributed by atoms with Gasteiger partial charge in [-0.25, -0.2) is 9.38 Å². The van der Waals surface area contributed by atoms with Gasteiger partial charge < -0.3 is 5.32 Å². The Labute approximate surface area is 163 Å². The average molecular weight is 379 g/mol. The van der Waals surface area contributed by atoms with Crippen LogP contribution in [0.15, 0.2) is 59.6 Å². The Morgan fingerprint density at radius 1 is 1.11 bits per heavy atom. The van der Waals surface area contributed by atoms with E-state index in [9.17, 15) is 9.18 Å². The zero-order valence-electron chi connectivity index (χ0n) is 16.0. The fraction of sp³-hybridized carbons (Fsp3) is 0.190. The second-order valence-corrected chi connectivity index (χ2v) is 6.36.